The van der Waals surface area contributed by atoms with E-state index in [0.29, 0.717) is 36.5 Å². The third-order valence-electron chi connectivity index (χ3n) is 4.39. The van der Waals surface area contributed by atoms with Crippen molar-refractivity contribution < 1.29 is 14.1 Å². The van der Waals surface area contributed by atoms with E-state index in [1.807, 2.05) is 25.1 Å². The molecule has 1 aliphatic rings. The van der Waals surface area contributed by atoms with Crippen molar-refractivity contribution in [3.8, 4) is 0 Å². The number of carbonyl (C=O) groups excluding carboxylic acids is 2. The summed E-state index contributed by atoms with van der Waals surface area (Å²) in [6.07, 6.45) is 0.694. The predicted octanol–water partition coefficient (Wildman–Crippen LogP) is 1.38. The van der Waals surface area contributed by atoms with E-state index in [1.165, 1.54) is 0 Å². The minimum atomic E-state index is -0.160. The van der Waals surface area contributed by atoms with Gasteiger partial charge in [0, 0.05) is 44.7 Å². The maximum Gasteiger partial charge on any atom is 0.276 e. The minimum absolute atomic E-state index is 0.146. The smallest absolute Gasteiger partial charge is 0.276 e. The van der Waals surface area contributed by atoms with Gasteiger partial charge < -0.3 is 20.1 Å². The number of nitrogens with one attached hydrogen (secondary N) is 2. The first-order valence-electron chi connectivity index (χ1n) is 8.43. The number of benzene rings is 1. The van der Waals surface area contributed by atoms with Gasteiger partial charge in [-0.3, -0.25) is 9.59 Å². The Kier molecular flexibility index (Phi) is 5.14. The van der Waals surface area contributed by atoms with Crippen molar-refractivity contribution in [1.82, 2.24) is 20.7 Å². The number of hydrogen-bond acceptors (Lipinski definition) is 5. The van der Waals surface area contributed by atoms with E-state index >= 15 is 0 Å². The van der Waals surface area contributed by atoms with Crippen molar-refractivity contribution in [3.05, 3.63) is 52.9 Å². The molecule has 0 bridgehead atoms. The summed E-state index contributed by atoms with van der Waals surface area (Å²) in [5, 5.41) is 9.83. The van der Waals surface area contributed by atoms with E-state index in [9.17, 15) is 9.59 Å². The van der Waals surface area contributed by atoms with Crippen LogP contribution < -0.4 is 10.6 Å². The van der Waals surface area contributed by atoms with E-state index in [2.05, 4.69) is 15.8 Å². The fourth-order valence-corrected chi connectivity index (χ4v) is 3.00. The Morgan fingerprint density at radius 2 is 2.24 bits per heavy atom. The summed E-state index contributed by atoms with van der Waals surface area (Å²) in [5.74, 6) is 0.393. The highest BCUT2D eigenvalue weighted by Gasteiger charge is 2.30. The summed E-state index contributed by atoms with van der Waals surface area (Å²) in [6, 6.07) is 8.90. The van der Waals surface area contributed by atoms with Gasteiger partial charge in [-0.05, 0) is 17.7 Å². The molecule has 132 valence electrons. The second-order valence-electron chi connectivity index (χ2n) is 5.96. The van der Waals surface area contributed by atoms with E-state index in [4.69, 9.17) is 4.52 Å². The molecule has 2 heterocycles. The highest BCUT2D eigenvalue weighted by atomic mass is 16.5. The molecule has 0 unspecified atom stereocenters. The molecule has 0 spiro atoms. The van der Waals surface area contributed by atoms with Gasteiger partial charge in [0.25, 0.3) is 11.8 Å². The number of piperazine rings is 1. The van der Waals surface area contributed by atoms with Crippen LogP contribution in [-0.4, -0.2) is 48.6 Å². The Bertz CT molecular complexity index is 771. The SMILES string of the molecule is CCc1cc(C(=O)N2CCNC[C@H]2c2cccc(C(=O)NC)c2)no1. The largest absolute Gasteiger partial charge is 0.361 e. The summed E-state index contributed by atoms with van der Waals surface area (Å²) in [6.45, 7) is 3.87. The zero-order valence-electron chi connectivity index (χ0n) is 14.4. The Balaban J connectivity index is 1.88. The molecule has 7 heteroatoms. The molecule has 3 rings (SSSR count). The third-order valence-corrected chi connectivity index (χ3v) is 4.39. The first-order valence-corrected chi connectivity index (χ1v) is 8.43. The monoisotopic (exact) mass is 342 g/mol. The van der Waals surface area contributed by atoms with Gasteiger partial charge in [-0.1, -0.05) is 24.2 Å². The summed E-state index contributed by atoms with van der Waals surface area (Å²) < 4.78 is 5.17. The van der Waals surface area contributed by atoms with Crippen LogP contribution in [0.5, 0.6) is 0 Å². The maximum atomic E-state index is 12.9. The molecule has 0 radical (unpaired) electrons. The average Bonchev–Trinajstić information content (AvgIpc) is 3.16. The molecule has 1 saturated heterocycles. The van der Waals surface area contributed by atoms with Crippen LogP contribution in [0.2, 0.25) is 0 Å². The van der Waals surface area contributed by atoms with Gasteiger partial charge in [-0.2, -0.15) is 0 Å². The summed E-state index contributed by atoms with van der Waals surface area (Å²) in [7, 11) is 1.60. The van der Waals surface area contributed by atoms with Gasteiger partial charge in [-0.25, -0.2) is 0 Å². The molecule has 0 aliphatic carbocycles. The van der Waals surface area contributed by atoms with Gasteiger partial charge in [0.05, 0.1) is 6.04 Å². The lowest BCUT2D eigenvalue weighted by Gasteiger charge is -2.36. The van der Waals surface area contributed by atoms with Crippen LogP contribution in [-0.2, 0) is 6.42 Å². The van der Waals surface area contributed by atoms with Gasteiger partial charge in [0.2, 0.25) is 0 Å². The van der Waals surface area contributed by atoms with Crippen LogP contribution in [0.1, 0.15) is 45.1 Å². The van der Waals surface area contributed by atoms with Gasteiger partial charge >= 0.3 is 0 Å². The van der Waals surface area contributed by atoms with E-state index in [1.54, 1.807) is 24.1 Å². The molecule has 0 saturated carbocycles. The average molecular weight is 342 g/mol. The Hall–Kier alpha value is -2.67. The molecule has 7 nitrogen and oxygen atoms in total. The highest BCUT2D eigenvalue weighted by Crippen LogP contribution is 2.25. The number of amides is 2. The van der Waals surface area contributed by atoms with Gasteiger partial charge in [0.15, 0.2) is 5.69 Å². The fraction of sp³-hybridized carbons (Fsp3) is 0.389. The summed E-state index contributed by atoms with van der Waals surface area (Å²) >= 11 is 0. The van der Waals surface area contributed by atoms with Crippen LogP contribution >= 0.6 is 0 Å². The van der Waals surface area contributed by atoms with Crippen LogP contribution in [0.3, 0.4) is 0 Å². The van der Waals surface area contributed by atoms with Gasteiger partial charge in [0.1, 0.15) is 5.76 Å². The topological polar surface area (TPSA) is 87.5 Å². The third kappa shape index (κ3) is 3.56. The highest BCUT2D eigenvalue weighted by molar-refractivity contribution is 5.94. The van der Waals surface area contributed by atoms with Crippen molar-refractivity contribution in [2.24, 2.45) is 0 Å². The molecule has 1 aliphatic heterocycles. The van der Waals surface area contributed by atoms with Crippen molar-refractivity contribution in [2.45, 2.75) is 19.4 Å². The Morgan fingerprint density at radius 3 is 2.96 bits per heavy atom. The van der Waals surface area contributed by atoms with Crippen molar-refractivity contribution in [1.29, 1.82) is 0 Å². The standard InChI is InChI=1S/C18H22N4O3/c1-3-14-10-15(21-25-14)18(24)22-8-7-20-11-16(22)12-5-4-6-13(9-12)17(23)19-2/h4-6,9-10,16,20H,3,7-8,11H2,1-2H3,(H,19,23)/t16-/m0/s1. The van der Waals surface area contributed by atoms with Crippen molar-refractivity contribution in [2.75, 3.05) is 26.7 Å². The Labute approximate surface area is 146 Å². The molecule has 1 fully saturated rings. The summed E-state index contributed by atoms with van der Waals surface area (Å²) in [4.78, 5) is 26.6. The molecule has 2 amide bonds. The minimum Gasteiger partial charge on any atom is -0.361 e. The maximum absolute atomic E-state index is 12.9. The van der Waals surface area contributed by atoms with Crippen LogP contribution in [0.15, 0.2) is 34.9 Å². The fourth-order valence-electron chi connectivity index (χ4n) is 3.00. The lowest BCUT2D eigenvalue weighted by molar-refractivity contribution is 0.0623. The number of hydrogen-bond donors (Lipinski definition) is 2. The van der Waals surface area contributed by atoms with Crippen molar-refractivity contribution >= 4 is 11.8 Å². The van der Waals surface area contributed by atoms with Crippen LogP contribution in [0.4, 0.5) is 0 Å². The van der Waals surface area contributed by atoms with Crippen molar-refractivity contribution in [3.63, 3.8) is 0 Å². The van der Waals surface area contributed by atoms with Gasteiger partial charge in [-0.15, -0.1) is 0 Å². The number of aryl methyl sites for hydroxylation is 1. The lowest BCUT2D eigenvalue weighted by atomic mass is 10.00. The number of nitrogens with zero attached hydrogens (tertiary/aromatic N) is 2. The zero-order valence-corrected chi connectivity index (χ0v) is 14.4. The van der Waals surface area contributed by atoms with E-state index in [0.717, 1.165) is 12.1 Å². The molecule has 2 N–H and O–H groups in total. The number of carbonyl (C=O) groups is 2. The molecular formula is C18H22N4O3. The lowest BCUT2D eigenvalue weighted by Crippen LogP contribution is -2.48. The molecule has 25 heavy (non-hydrogen) atoms. The molecule has 1 aromatic heterocycles. The first kappa shape index (κ1) is 17.2. The quantitative estimate of drug-likeness (QED) is 0.877. The second kappa shape index (κ2) is 7.48. The molecule has 2 aromatic rings. The molecule has 1 aromatic carbocycles. The Morgan fingerprint density at radius 1 is 1.40 bits per heavy atom. The second-order valence-corrected chi connectivity index (χ2v) is 5.96. The van der Waals surface area contributed by atoms with Crippen LogP contribution in [0, 0.1) is 0 Å². The van der Waals surface area contributed by atoms with E-state index in [-0.39, 0.29) is 17.9 Å². The summed E-state index contributed by atoms with van der Waals surface area (Å²) in [5.41, 5.74) is 1.82. The first-order chi connectivity index (χ1) is 12.1. The number of rotatable bonds is 4. The normalized spacial score (nSPS) is 17.4. The molecule has 1 atom stereocenters. The van der Waals surface area contributed by atoms with E-state index < -0.39 is 0 Å². The zero-order chi connectivity index (χ0) is 17.8. The number of aromatic nitrogens is 1. The van der Waals surface area contributed by atoms with Crippen LogP contribution in [0.25, 0.3) is 0 Å². The molecular weight excluding hydrogens is 320 g/mol. The predicted molar refractivity (Wildman–Crippen MR) is 92.4 cm³/mol.